The molecule has 0 saturated carbocycles. The van der Waals surface area contributed by atoms with Gasteiger partial charge in [0.15, 0.2) is 5.16 Å². The molecule has 0 aromatic carbocycles. The van der Waals surface area contributed by atoms with E-state index in [4.69, 9.17) is 11.0 Å². The van der Waals surface area contributed by atoms with Gasteiger partial charge in [-0.3, -0.25) is 0 Å². The number of imidazole rings is 1. The predicted molar refractivity (Wildman–Crippen MR) is 80.6 cm³/mol. The Hall–Kier alpha value is -2.59. The molecule has 21 heavy (non-hydrogen) atoms. The summed E-state index contributed by atoms with van der Waals surface area (Å²) in [6.07, 6.45) is 3.44. The van der Waals surface area contributed by atoms with E-state index in [1.165, 1.54) is 18.0 Å². The SMILES string of the molecule is Cc1nc2ccccn2c1CSc1ncc(C#N)c(N)n1. The number of rotatable bonds is 3. The molecule has 0 aliphatic carbocycles. The third kappa shape index (κ3) is 2.53. The van der Waals surface area contributed by atoms with Crippen molar-refractivity contribution >= 4 is 23.2 Å². The van der Waals surface area contributed by atoms with E-state index in [1.54, 1.807) is 0 Å². The summed E-state index contributed by atoms with van der Waals surface area (Å²) in [7, 11) is 0. The monoisotopic (exact) mass is 296 g/mol. The summed E-state index contributed by atoms with van der Waals surface area (Å²) in [5.74, 6) is 0.896. The maximum atomic E-state index is 8.82. The lowest BCUT2D eigenvalue weighted by molar-refractivity contribution is 0.964. The van der Waals surface area contributed by atoms with E-state index in [-0.39, 0.29) is 5.82 Å². The molecule has 3 rings (SSSR count). The van der Waals surface area contributed by atoms with Crippen LogP contribution in [0.1, 0.15) is 17.0 Å². The lowest BCUT2D eigenvalue weighted by atomic mass is 10.3. The Bertz CT molecular complexity index is 848. The van der Waals surface area contributed by atoms with Crippen molar-refractivity contribution in [3.05, 3.63) is 47.5 Å². The minimum atomic E-state index is 0.213. The highest BCUT2D eigenvalue weighted by Gasteiger charge is 2.10. The summed E-state index contributed by atoms with van der Waals surface area (Å²) in [4.78, 5) is 12.8. The Kier molecular flexibility index (Phi) is 3.46. The first-order valence-corrected chi connectivity index (χ1v) is 7.25. The molecule has 0 saturated heterocycles. The number of anilines is 1. The van der Waals surface area contributed by atoms with Crippen molar-refractivity contribution in [2.75, 3.05) is 5.73 Å². The fourth-order valence-electron chi connectivity index (χ4n) is 2.00. The van der Waals surface area contributed by atoms with Crippen LogP contribution in [-0.4, -0.2) is 19.4 Å². The lowest BCUT2D eigenvalue weighted by Gasteiger charge is -2.03. The minimum Gasteiger partial charge on any atom is -0.382 e. The molecule has 0 unspecified atom stereocenters. The fraction of sp³-hybridized carbons (Fsp3) is 0.143. The van der Waals surface area contributed by atoms with E-state index in [2.05, 4.69) is 19.4 Å². The number of aromatic nitrogens is 4. The van der Waals surface area contributed by atoms with Gasteiger partial charge < -0.3 is 10.1 Å². The average molecular weight is 296 g/mol. The molecular weight excluding hydrogens is 284 g/mol. The molecule has 2 N–H and O–H groups in total. The second-order valence-corrected chi connectivity index (χ2v) is 5.37. The first kappa shape index (κ1) is 13.4. The van der Waals surface area contributed by atoms with E-state index in [9.17, 15) is 0 Å². The molecule has 3 aromatic heterocycles. The van der Waals surface area contributed by atoms with Crippen molar-refractivity contribution < 1.29 is 0 Å². The Labute approximate surface area is 125 Å². The van der Waals surface area contributed by atoms with Crippen LogP contribution in [0.2, 0.25) is 0 Å². The molecule has 0 amide bonds. The van der Waals surface area contributed by atoms with Crippen molar-refractivity contribution in [3.8, 4) is 6.07 Å². The highest BCUT2D eigenvalue weighted by atomic mass is 32.2. The standard InChI is InChI=1S/C14H12N6S/c1-9-11(20-5-3-2-4-12(20)18-9)8-21-14-17-7-10(6-15)13(16)19-14/h2-5,7H,8H2,1H3,(H2,16,17,19). The summed E-state index contributed by atoms with van der Waals surface area (Å²) in [6, 6.07) is 7.85. The topological polar surface area (TPSA) is 92.9 Å². The minimum absolute atomic E-state index is 0.213. The van der Waals surface area contributed by atoms with Gasteiger partial charge in [0.1, 0.15) is 23.1 Å². The number of hydrogen-bond donors (Lipinski definition) is 1. The molecule has 104 valence electrons. The van der Waals surface area contributed by atoms with Crippen molar-refractivity contribution in [3.63, 3.8) is 0 Å². The van der Waals surface area contributed by atoms with Gasteiger partial charge in [-0.25, -0.2) is 15.0 Å². The van der Waals surface area contributed by atoms with Gasteiger partial charge in [-0.1, -0.05) is 17.8 Å². The number of nitrogens with zero attached hydrogens (tertiary/aromatic N) is 5. The van der Waals surface area contributed by atoms with Crippen molar-refractivity contribution in [1.82, 2.24) is 19.4 Å². The smallest absolute Gasteiger partial charge is 0.189 e. The maximum Gasteiger partial charge on any atom is 0.189 e. The van der Waals surface area contributed by atoms with Gasteiger partial charge in [0.25, 0.3) is 0 Å². The molecule has 3 aromatic rings. The van der Waals surface area contributed by atoms with Gasteiger partial charge in [-0.15, -0.1) is 0 Å². The van der Waals surface area contributed by atoms with Crippen LogP contribution in [0.5, 0.6) is 0 Å². The molecule has 0 aliphatic rings. The van der Waals surface area contributed by atoms with Crippen LogP contribution in [0.3, 0.4) is 0 Å². The van der Waals surface area contributed by atoms with Gasteiger partial charge in [0.05, 0.1) is 17.6 Å². The Morgan fingerprint density at radius 2 is 2.24 bits per heavy atom. The van der Waals surface area contributed by atoms with Crippen molar-refractivity contribution in [2.24, 2.45) is 0 Å². The normalized spacial score (nSPS) is 10.7. The van der Waals surface area contributed by atoms with Crippen LogP contribution in [-0.2, 0) is 5.75 Å². The van der Waals surface area contributed by atoms with Gasteiger partial charge in [-0.05, 0) is 19.1 Å². The zero-order valence-corrected chi connectivity index (χ0v) is 12.1. The zero-order chi connectivity index (χ0) is 14.8. The molecule has 0 aliphatic heterocycles. The summed E-state index contributed by atoms with van der Waals surface area (Å²) < 4.78 is 2.05. The molecule has 7 heteroatoms. The number of pyridine rings is 1. The second-order valence-electron chi connectivity index (χ2n) is 4.42. The molecule has 0 radical (unpaired) electrons. The molecule has 0 spiro atoms. The van der Waals surface area contributed by atoms with Gasteiger partial charge in [0.2, 0.25) is 0 Å². The average Bonchev–Trinajstić information content (AvgIpc) is 2.81. The van der Waals surface area contributed by atoms with Crippen molar-refractivity contribution in [2.45, 2.75) is 17.8 Å². The molecule has 0 atom stereocenters. The summed E-state index contributed by atoms with van der Waals surface area (Å²) in [5.41, 5.74) is 9.00. The highest BCUT2D eigenvalue weighted by molar-refractivity contribution is 7.98. The van der Waals surface area contributed by atoms with Gasteiger partial charge in [-0.2, -0.15) is 5.26 Å². The zero-order valence-electron chi connectivity index (χ0n) is 11.3. The van der Waals surface area contributed by atoms with Crippen LogP contribution < -0.4 is 5.73 Å². The Balaban J connectivity index is 1.85. The van der Waals surface area contributed by atoms with Gasteiger partial charge >= 0.3 is 0 Å². The molecule has 6 nitrogen and oxygen atoms in total. The third-order valence-electron chi connectivity index (χ3n) is 3.08. The molecular formula is C14H12N6S. The number of thioether (sulfide) groups is 1. The number of aryl methyl sites for hydroxylation is 1. The van der Waals surface area contributed by atoms with E-state index >= 15 is 0 Å². The Morgan fingerprint density at radius 3 is 3.00 bits per heavy atom. The molecule has 0 bridgehead atoms. The number of nitriles is 1. The summed E-state index contributed by atoms with van der Waals surface area (Å²) in [5, 5.41) is 9.37. The van der Waals surface area contributed by atoms with E-state index < -0.39 is 0 Å². The van der Waals surface area contributed by atoms with Crippen molar-refractivity contribution in [1.29, 1.82) is 5.26 Å². The van der Waals surface area contributed by atoms with Crippen LogP contribution >= 0.6 is 11.8 Å². The largest absolute Gasteiger partial charge is 0.382 e. The fourth-order valence-corrected chi connectivity index (χ4v) is 2.91. The Morgan fingerprint density at radius 1 is 1.38 bits per heavy atom. The first-order chi connectivity index (χ1) is 10.2. The van der Waals surface area contributed by atoms with Gasteiger partial charge in [0, 0.05) is 11.9 Å². The number of nitrogen functional groups attached to an aromatic ring is 1. The van der Waals surface area contributed by atoms with Crippen LogP contribution in [0.25, 0.3) is 5.65 Å². The number of nitrogens with two attached hydrogens (primary N) is 1. The molecule has 0 fully saturated rings. The van der Waals surface area contributed by atoms with Crippen LogP contribution in [0, 0.1) is 18.3 Å². The lowest BCUT2D eigenvalue weighted by Crippen LogP contribution is -1.99. The van der Waals surface area contributed by atoms with Crippen LogP contribution in [0.15, 0.2) is 35.7 Å². The number of hydrogen-bond acceptors (Lipinski definition) is 6. The molecule has 3 heterocycles. The second kappa shape index (κ2) is 5.42. The third-order valence-corrected chi connectivity index (χ3v) is 3.96. The maximum absolute atomic E-state index is 8.82. The highest BCUT2D eigenvalue weighted by Crippen LogP contribution is 2.23. The van der Waals surface area contributed by atoms with E-state index in [0.717, 1.165) is 17.0 Å². The number of fused-ring (bicyclic) bond motifs is 1. The predicted octanol–water partition coefficient (Wildman–Crippen LogP) is 2.18. The summed E-state index contributed by atoms with van der Waals surface area (Å²) >= 11 is 1.47. The van der Waals surface area contributed by atoms with E-state index in [0.29, 0.717) is 16.5 Å². The first-order valence-electron chi connectivity index (χ1n) is 6.27. The quantitative estimate of drug-likeness (QED) is 0.588. The summed E-state index contributed by atoms with van der Waals surface area (Å²) in [6.45, 7) is 1.98. The van der Waals surface area contributed by atoms with E-state index in [1.807, 2.05) is 37.4 Å². The van der Waals surface area contributed by atoms with Crippen LogP contribution in [0.4, 0.5) is 5.82 Å².